The summed E-state index contributed by atoms with van der Waals surface area (Å²) in [5.74, 6) is -0.273. The van der Waals surface area contributed by atoms with E-state index < -0.39 is 4.92 Å². The minimum absolute atomic E-state index is 0.0278. The Morgan fingerprint density at radius 3 is 2.53 bits per heavy atom. The van der Waals surface area contributed by atoms with Crippen molar-refractivity contribution in [3.63, 3.8) is 0 Å². The van der Waals surface area contributed by atoms with Crippen LogP contribution < -0.4 is 0 Å². The third kappa shape index (κ3) is 3.75. The zero-order chi connectivity index (χ0) is 12.0. The van der Waals surface area contributed by atoms with Crippen LogP contribution in [0.25, 0.3) is 0 Å². The van der Waals surface area contributed by atoms with Crippen molar-refractivity contribution >= 4 is 11.6 Å². The predicted molar refractivity (Wildman–Crippen MR) is 60.5 cm³/mol. The van der Waals surface area contributed by atoms with Crippen LogP contribution in [0.5, 0.6) is 0 Å². The molecule has 0 aromatic rings. The van der Waals surface area contributed by atoms with E-state index in [2.05, 4.69) is 11.6 Å². The van der Waals surface area contributed by atoms with Gasteiger partial charge >= 0.3 is 5.70 Å². The summed E-state index contributed by atoms with van der Waals surface area (Å²) in [6.07, 6.45) is 6.40. The van der Waals surface area contributed by atoms with Gasteiger partial charge in [0.1, 0.15) is 0 Å². The lowest BCUT2D eigenvalue weighted by Gasteiger charge is -1.98. The van der Waals surface area contributed by atoms with Crippen LogP contribution in [0.3, 0.4) is 0 Å². The third-order valence-corrected chi connectivity index (χ3v) is 1.88. The molecule has 1 rings (SSSR count). The first-order valence-electron chi connectivity index (χ1n) is 4.35. The Kier molecular flexibility index (Phi) is 5.70. The molecule has 0 amide bonds. The van der Waals surface area contributed by atoms with Crippen molar-refractivity contribution in [3.05, 3.63) is 45.4 Å². The van der Waals surface area contributed by atoms with Crippen LogP contribution >= 0.6 is 11.6 Å². The van der Waals surface area contributed by atoms with Crippen molar-refractivity contribution in [2.75, 3.05) is 6.38 Å². The summed E-state index contributed by atoms with van der Waals surface area (Å²) in [6, 6.07) is 0. The molecule has 0 saturated heterocycles. The molecule has 0 bridgehead atoms. The fourth-order valence-corrected chi connectivity index (χ4v) is 1.11. The summed E-state index contributed by atoms with van der Waals surface area (Å²) >= 11 is 4.64. The first-order chi connectivity index (χ1) is 7.02. The second kappa shape index (κ2) is 6.24. The maximum Gasteiger partial charge on any atom is 0.307 e. The number of alkyl halides is 1. The molecule has 1 aliphatic rings. The van der Waals surface area contributed by atoms with Gasteiger partial charge in [0.25, 0.3) is 0 Å². The summed E-state index contributed by atoms with van der Waals surface area (Å²) < 4.78 is 0. The van der Waals surface area contributed by atoms with Gasteiger partial charge in [-0.05, 0) is 18.4 Å². The van der Waals surface area contributed by atoms with Crippen molar-refractivity contribution in [1.29, 1.82) is 0 Å². The predicted octanol–water partition coefficient (Wildman–Crippen LogP) is 3.04. The van der Waals surface area contributed by atoms with Crippen LogP contribution in [-0.4, -0.2) is 16.4 Å². The topological polar surface area (TPSA) is 63.4 Å². The van der Waals surface area contributed by atoms with E-state index in [1.807, 2.05) is 13.0 Å². The number of allylic oxidation sites excluding steroid dienone is 4. The lowest BCUT2D eigenvalue weighted by atomic mass is 10.1. The molecule has 1 aliphatic carbocycles. The molecule has 0 aliphatic heterocycles. The van der Waals surface area contributed by atoms with Crippen LogP contribution in [0.1, 0.15) is 13.8 Å². The van der Waals surface area contributed by atoms with E-state index >= 15 is 0 Å². The van der Waals surface area contributed by atoms with E-state index in [9.17, 15) is 15.2 Å². The van der Waals surface area contributed by atoms with E-state index in [4.69, 9.17) is 0 Å². The van der Waals surface area contributed by atoms with Gasteiger partial charge in [-0.3, -0.25) is 10.1 Å². The van der Waals surface area contributed by atoms with E-state index in [0.717, 1.165) is 0 Å². The van der Waals surface area contributed by atoms with Gasteiger partial charge in [-0.15, -0.1) is 11.6 Å². The number of aliphatic hydroxyl groups is 1. The SMILES string of the molecule is CC1=C(O)C([N+](=O)[O-])=CC(C)C=C1.CCl. The first kappa shape index (κ1) is 13.7. The highest BCUT2D eigenvalue weighted by Crippen LogP contribution is 2.20. The standard InChI is InChI=1S/C9H11NO3.CH3Cl/c1-6-3-4-7(2)9(11)8(5-6)10(12)13;1-2/h3-6,11H,1-2H3;1H3. The molecule has 1 N–H and O–H groups in total. The third-order valence-electron chi connectivity index (χ3n) is 1.88. The van der Waals surface area contributed by atoms with Crippen molar-refractivity contribution < 1.29 is 10.0 Å². The zero-order valence-corrected chi connectivity index (χ0v) is 9.65. The van der Waals surface area contributed by atoms with E-state index in [0.29, 0.717) is 5.57 Å². The van der Waals surface area contributed by atoms with Gasteiger partial charge in [-0.25, -0.2) is 0 Å². The number of aliphatic hydroxyl groups excluding tert-OH is 1. The number of nitrogens with zero attached hydrogens (tertiary/aromatic N) is 1. The molecular formula is C10H14ClNO3. The Bertz CT molecular complexity index is 332. The van der Waals surface area contributed by atoms with E-state index in [-0.39, 0.29) is 17.4 Å². The summed E-state index contributed by atoms with van der Waals surface area (Å²) in [5.41, 5.74) is 0.308. The molecule has 0 saturated carbocycles. The molecule has 0 radical (unpaired) electrons. The Labute approximate surface area is 93.7 Å². The molecule has 1 atom stereocenters. The molecule has 0 spiro atoms. The fourth-order valence-electron chi connectivity index (χ4n) is 1.11. The average Bonchev–Trinajstić information content (AvgIpc) is 2.34. The Balaban J connectivity index is 0.000000921. The number of hydrogen-bond donors (Lipinski definition) is 1. The number of halogens is 1. The highest BCUT2D eigenvalue weighted by Gasteiger charge is 2.20. The fraction of sp³-hybridized carbons (Fsp3) is 0.400. The normalized spacial score (nSPS) is 20.0. The van der Waals surface area contributed by atoms with Gasteiger partial charge in [-0.2, -0.15) is 0 Å². The van der Waals surface area contributed by atoms with Crippen molar-refractivity contribution in [2.45, 2.75) is 13.8 Å². The average molecular weight is 232 g/mol. The minimum atomic E-state index is -0.567. The highest BCUT2D eigenvalue weighted by atomic mass is 35.5. The molecule has 1 unspecified atom stereocenters. The van der Waals surface area contributed by atoms with Gasteiger partial charge in [0.15, 0.2) is 5.76 Å². The highest BCUT2D eigenvalue weighted by molar-refractivity contribution is 6.15. The molecule has 15 heavy (non-hydrogen) atoms. The molecule has 4 nitrogen and oxygen atoms in total. The quantitative estimate of drug-likeness (QED) is 0.429. The number of hydrogen-bond acceptors (Lipinski definition) is 3. The van der Waals surface area contributed by atoms with Gasteiger partial charge in [0.2, 0.25) is 0 Å². The smallest absolute Gasteiger partial charge is 0.307 e. The van der Waals surface area contributed by atoms with Crippen LogP contribution in [0.4, 0.5) is 0 Å². The second-order valence-electron chi connectivity index (χ2n) is 3.06. The summed E-state index contributed by atoms with van der Waals surface area (Å²) in [4.78, 5) is 9.96. The van der Waals surface area contributed by atoms with Crippen molar-refractivity contribution in [2.24, 2.45) is 5.92 Å². The summed E-state index contributed by atoms with van der Waals surface area (Å²) in [7, 11) is 0. The number of nitro groups is 1. The van der Waals surface area contributed by atoms with Gasteiger partial charge < -0.3 is 5.11 Å². The van der Waals surface area contributed by atoms with Gasteiger partial charge in [0.05, 0.1) is 4.92 Å². The van der Waals surface area contributed by atoms with Crippen LogP contribution in [0.15, 0.2) is 35.3 Å². The maximum absolute atomic E-state index is 10.5. The summed E-state index contributed by atoms with van der Waals surface area (Å²) in [6.45, 7) is 3.47. The van der Waals surface area contributed by atoms with Crippen LogP contribution in [0.2, 0.25) is 0 Å². The molecule has 84 valence electrons. The Morgan fingerprint density at radius 2 is 2.07 bits per heavy atom. The lowest BCUT2D eigenvalue weighted by molar-refractivity contribution is -0.424. The number of rotatable bonds is 1. The van der Waals surface area contributed by atoms with Gasteiger partial charge in [0, 0.05) is 12.5 Å². The molecular weight excluding hydrogens is 218 g/mol. The van der Waals surface area contributed by atoms with Gasteiger partial charge in [-0.1, -0.05) is 19.1 Å². The monoisotopic (exact) mass is 231 g/mol. The molecule has 0 aromatic carbocycles. The lowest BCUT2D eigenvalue weighted by Crippen LogP contribution is -2.03. The van der Waals surface area contributed by atoms with Crippen LogP contribution in [-0.2, 0) is 0 Å². The summed E-state index contributed by atoms with van der Waals surface area (Å²) in [5, 5.41) is 19.9. The zero-order valence-electron chi connectivity index (χ0n) is 8.90. The van der Waals surface area contributed by atoms with Crippen molar-refractivity contribution in [3.8, 4) is 0 Å². The largest absolute Gasteiger partial charge is 0.502 e. The van der Waals surface area contributed by atoms with E-state index in [1.165, 1.54) is 12.5 Å². The van der Waals surface area contributed by atoms with Crippen molar-refractivity contribution in [1.82, 2.24) is 0 Å². The van der Waals surface area contributed by atoms with E-state index in [1.54, 1.807) is 13.0 Å². The Hall–Kier alpha value is -1.29. The minimum Gasteiger partial charge on any atom is -0.502 e. The first-order valence-corrected chi connectivity index (χ1v) is 5.10. The van der Waals surface area contributed by atoms with Crippen LogP contribution in [0, 0.1) is 16.0 Å². The molecule has 0 aromatic heterocycles. The second-order valence-corrected chi connectivity index (χ2v) is 3.06. The molecule has 0 heterocycles. The maximum atomic E-state index is 10.5. The molecule has 5 heteroatoms. The Morgan fingerprint density at radius 1 is 1.53 bits per heavy atom. The molecule has 0 fully saturated rings.